The molecule has 0 heterocycles. The van der Waals surface area contributed by atoms with Crippen LogP contribution in [0.25, 0.3) is 0 Å². The molecule has 0 saturated heterocycles. The molecule has 1 aromatic carbocycles. The molecule has 0 unspecified atom stereocenters. The SMILES string of the molecule is CC(=O)N(C)c1ccc(C)cc1C=[NH2+]. The Kier molecular flexibility index (Phi) is 3.02. The lowest BCUT2D eigenvalue weighted by Gasteiger charge is -2.16. The number of carbonyl (C=O) groups excluding carboxylic acids is 1. The first-order valence-corrected chi connectivity index (χ1v) is 4.46. The number of hydrogen-bond donors (Lipinski definition) is 1. The quantitative estimate of drug-likeness (QED) is 0.665. The van der Waals surface area contributed by atoms with E-state index >= 15 is 0 Å². The fraction of sp³-hybridized carbons (Fsp3) is 0.273. The maximum Gasteiger partial charge on any atom is 0.223 e. The summed E-state index contributed by atoms with van der Waals surface area (Å²) < 4.78 is 0. The number of hydrogen-bond acceptors (Lipinski definition) is 1. The summed E-state index contributed by atoms with van der Waals surface area (Å²) in [7, 11) is 1.74. The second-order valence-electron chi connectivity index (χ2n) is 3.31. The summed E-state index contributed by atoms with van der Waals surface area (Å²) >= 11 is 0. The smallest absolute Gasteiger partial charge is 0.223 e. The van der Waals surface area contributed by atoms with E-state index in [4.69, 9.17) is 5.41 Å². The lowest BCUT2D eigenvalue weighted by atomic mass is 10.1. The van der Waals surface area contributed by atoms with E-state index in [1.54, 1.807) is 11.9 Å². The van der Waals surface area contributed by atoms with Gasteiger partial charge >= 0.3 is 0 Å². The van der Waals surface area contributed by atoms with Gasteiger partial charge in [0.05, 0.1) is 11.3 Å². The molecule has 0 spiro atoms. The van der Waals surface area contributed by atoms with E-state index in [9.17, 15) is 4.79 Å². The highest BCUT2D eigenvalue weighted by Gasteiger charge is 2.10. The number of nitrogens with zero attached hydrogens (tertiary/aromatic N) is 1. The van der Waals surface area contributed by atoms with Gasteiger partial charge in [-0.25, -0.2) is 0 Å². The number of rotatable bonds is 2. The van der Waals surface area contributed by atoms with Crippen LogP contribution in [0.3, 0.4) is 0 Å². The first-order valence-electron chi connectivity index (χ1n) is 4.46. The van der Waals surface area contributed by atoms with Crippen LogP contribution < -0.4 is 10.3 Å². The molecule has 0 radical (unpaired) electrons. The lowest BCUT2D eigenvalue weighted by Crippen LogP contribution is -2.32. The van der Waals surface area contributed by atoms with Crippen LogP contribution in [-0.4, -0.2) is 19.2 Å². The molecule has 0 saturated carbocycles. The molecule has 74 valence electrons. The number of carbonyl (C=O) groups is 1. The van der Waals surface area contributed by atoms with E-state index in [0.717, 1.165) is 16.8 Å². The van der Waals surface area contributed by atoms with E-state index in [1.807, 2.05) is 25.1 Å². The maximum absolute atomic E-state index is 11.2. The van der Waals surface area contributed by atoms with E-state index in [-0.39, 0.29) is 5.91 Å². The number of benzene rings is 1. The largest absolute Gasteiger partial charge is 0.315 e. The van der Waals surface area contributed by atoms with Crippen molar-refractivity contribution < 1.29 is 10.2 Å². The van der Waals surface area contributed by atoms with Crippen molar-refractivity contribution in [3.63, 3.8) is 0 Å². The highest BCUT2D eigenvalue weighted by atomic mass is 16.2. The van der Waals surface area contributed by atoms with Crippen molar-refractivity contribution in [2.75, 3.05) is 11.9 Å². The predicted molar refractivity (Wildman–Crippen MR) is 57.4 cm³/mol. The zero-order chi connectivity index (χ0) is 10.7. The summed E-state index contributed by atoms with van der Waals surface area (Å²) in [4.78, 5) is 12.7. The number of aryl methyl sites for hydroxylation is 1. The summed E-state index contributed by atoms with van der Waals surface area (Å²) in [6.07, 6.45) is 1.52. The van der Waals surface area contributed by atoms with Gasteiger partial charge in [0, 0.05) is 14.0 Å². The minimum Gasteiger partial charge on any atom is -0.315 e. The molecular formula is C11H15N2O+. The van der Waals surface area contributed by atoms with Crippen molar-refractivity contribution in [2.45, 2.75) is 13.8 Å². The molecule has 0 bridgehead atoms. The molecule has 1 amide bonds. The third kappa shape index (κ3) is 1.99. The molecule has 0 aliphatic carbocycles. The zero-order valence-electron chi connectivity index (χ0n) is 8.74. The van der Waals surface area contributed by atoms with Crippen molar-refractivity contribution in [3.8, 4) is 0 Å². The van der Waals surface area contributed by atoms with Crippen LogP contribution >= 0.6 is 0 Å². The van der Waals surface area contributed by atoms with Gasteiger partial charge in [0.25, 0.3) is 0 Å². The summed E-state index contributed by atoms with van der Waals surface area (Å²) in [6, 6.07) is 5.81. The highest BCUT2D eigenvalue weighted by molar-refractivity contribution is 5.96. The standard InChI is InChI=1S/C11H14N2O/c1-8-4-5-11(10(6-8)7-12)13(3)9(2)14/h4-7,12H,1-3H3/p+1. The molecule has 3 nitrogen and oxygen atoms in total. The Balaban J connectivity index is 3.20. The highest BCUT2D eigenvalue weighted by Crippen LogP contribution is 2.18. The minimum absolute atomic E-state index is 0.00282. The molecule has 3 heteroatoms. The summed E-state index contributed by atoms with van der Waals surface area (Å²) in [6.45, 7) is 3.52. The molecule has 2 N–H and O–H groups in total. The van der Waals surface area contributed by atoms with Crippen molar-refractivity contribution >= 4 is 17.8 Å². The molecule has 0 fully saturated rings. The third-order valence-corrected chi connectivity index (χ3v) is 2.20. The average molecular weight is 191 g/mol. The molecule has 14 heavy (non-hydrogen) atoms. The predicted octanol–water partition coefficient (Wildman–Crippen LogP) is 0.156. The molecule has 1 rings (SSSR count). The van der Waals surface area contributed by atoms with Gasteiger partial charge < -0.3 is 4.90 Å². The number of nitrogens with two attached hydrogens (primary N) is 1. The normalized spacial score (nSPS) is 9.64. The maximum atomic E-state index is 11.2. The van der Waals surface area contributed by atoms with Crippen molar-refractivity contribution in [2.24, 2.45) is 0 Å². The Hall–Kier alpha value is -1.64. The van der Waals surface area contributed by atoms with Crippen molar-refractivity contribution in [3.05, 3.63) is 29.3 Å². The topological polar surface area (TPSA) is 45.9 Å². The monoisotopic (exact) mass is 191 g/mol. The van der Waals surface area contributed by atoms with Crippen LogP contribution in [0, 0.1) is 6.92 Å². The van der Waals surface area contributed by atoms with E-state index in [0.29, 0.717) is 0 Å². The first-order chi connectivity index (χ1) is 6.56. The Morgan fingerprint density at radius 2 is 2.14 bits per heavy atom. The van der Waals surface area contributed by atoms with Gasteiger partial charge in [0.2, 0.25) is 5.91 Å². The van der Waals surface area contributed by atoms with Crippen LogP contribution in [0.2, 0.25) is 0 Å². The van der Waals surface area contributed by atoms with Crippen LogP contribution in [0.1, 0.15) is 18.1 Å². The molecular weight excluding hydrogens is 176 g/mol. The summed E-state index contributed by atoms with van der Waals surface area (Å²) in [5.74, 6) is -0.00282. The van der Waals surface area contributed by atoms with Crippen LogP contribution in [0.5, 0.6) is 0 Å². The molecule has 0 atom stereocenters. The molecule has 0 aliphatic rings. The van der Waals surface area contributed by atoms with Gasteiger partial charge in [0.1, 0.15) is 0 Å². The Bertz CT molecular complexity index is 372. The first kappa shape index (κ1) is 10.4. The molecule has 0 aliphatic heterocycles. The van der Waals surface area contributed by atoms with Gasteiger partial charge in [-0.2, -0.15) is 0 Å². The van der Waals surface area contributed by atoms with E-state index in [1.165, 1.54) is 13.1 Å². The number of anilines is 1. The van der Waals surface area contributed by atoms with Gasteiger partial charge in [-0.1, -0.05) is 11.6 Å². The molecule has 0 aromatic heterocycles. The Morgan fingerprint density at radius 3 is 2.64 bits per heavy atom. The van der Waals surface area contributed by atoms with E-state index < -0.39 is 0 Å². The second kappa shape index (κ2) is 4.05. The van der Waals surface area contributed by atoms with Crippen molar-refractivity contribution in [1.82, 2.24) is 0 Å². The summed E-state index contributed by atoms with van der Waals surface area (Å²) in [5, 5.41) is 5.49. The number of amides is 1. The Labute approximate surface area is 83.9 Å². The van der Waals surface area contributed by atoms with E-state index in [2.05, 4.69) is 0 Å². The van der Waals surface area contributed by atoms with Crippen molar-refractivity contribution in [1.29, 1.82) is 0 Å². The van der Waals surface area contributed by atoms with Gasteiger partial charge in [-0.15, -0.1) is 0 Å². The Morgan fingerprint density at radius 1 is 1.50 bits per heavy atom. The fourth-order valence-electron chi connectivity index (χ4n) is 1.28. The summed E-state index contributed by atoms with van der Waals surface area (Å²) in [5.41, 5.74) is 2.84. The van der Waals surface area contributed by atoms with Gasteiger partial charge in [0.15, 0.2) is 6.21 Å². The zero-order valence-corrected chi connectivity index (χ0v) is 8.74. The minimum atomic E-state index is -0.00282. The van der Waals surface area contributed by atoms with Crippen LogP contribution in [0.15, 0.2) is 18.2 Å². The third-order valence-electron chi connectivity index (χ3n) is 2.20. The average Bonchev–Trinajstić information content (AvgIpc) is 2.16. The van der Waals surface area contributed by atoms with Crippen LogP contribution in [0.4, 0.5) is 5.69 Å². The molecule has 1 aromatic rings. The lowest BCUT2D eigenvalue weighted by molar-refractivity contribution is -0.116. The van der Waals surface area contributed by atoms with Gasteiger partial charge in [-0.05, 0) is 19.1 Å². The van der Waals surface area contributed by atoms with Crippen LogP contribution in [-0.2, 0) is 4.79 Å². The van der Waals surface area contributed by atoms with Gasteiger partial charge in [-0.3, -0.25) is 10.2 Å². The fourth-order valence-corrected chi connectivity index (χ4v) is 1.28. The second-order valence-corrected chi connectivity index (χ2v) is 3.31.